The summed E-state index contributed by atoms with van der Waals surface area (Å²) in [5.41, 5.74) is 0.712. The van der Waals surface area contributed by atoms with Gasteiger partial charge in [-0.05, 0) is 55.9 Å². The Morgan fingerprint density at radius 2 is 2.07 bits per heavy atom. The normalized spacial score (nSPS) is 19.3. The highest BCUT2D eigenvalue weighted by molar-refractivity contribution is 5.76. The van der Waals surface area contributed by atoms with Crippen LogP contribution in [-0.4, -0.2) is 22.1 Å². The number of rotatable bonds is 9. The molecule has 1 aromatic carbocycles. The maximum absolute atomic E-state index is 13.0. The molecule has 0 spiro atoms. The van der Waals surface area contributed by atoms with Gasteiger partial charge >= 0.3 is 0 Å². The zero-order valence-corrected chi connectivity index (χ0v) is 15.9. The van der Waals surface area contributed by atoms with Crippen LogP contribution in [0.5, 0.6) is 0 Å². The zero-order valence-electron chi connectivity index (χ0n) is 15.9. The number of nitrogens with one attached hydrogen (secondary N) is 1. The highest BCUT2D eigenvalue weighted by Gasteiger charge is 2.27. The first-order valence-corrected chi connectivity index (χ1v) is 10.0. The van der Waals surface area contributed by atoms with Crippen molar-refractivity contribution in [2.75, 3.05) is 0 Å². The Bertz CT molecular complexity index is 729. The van der Waals surface area contributed by atoms with Gasteiger partial charge in [0.25, 0.3) is 0 Å². The first-order chi connectivity index (χ1) is 13.2. The topological polar surface area (TPSA) is 68.0 Å². The van der Waals surface area contributed by atoms with E-state index >= 15 is 0 Å². The molecule has 2 atom stereocenters. The van der Waals surface area contributed by atoms with Crippen LogP contribution in [0.1, 0.15) is 64.2 Å². The lowest BCUT2D eigenvalue weighted by Crippen LogP contribution is -2.37. The smallest absolute Gasteiger partial charge is 0.226 e. The Hall–Kier alpha value is -2.24. The fourth-order valence-electron chi connectivity index (χ4n) is 3.79. The second-order valence-corrected chi connectivity index (χ2v) is 7.38. The molecule has 0 radical (unpaired) electrons. The lowest BCUT2D eigenvalue weighted by atomic mass is 9.96. The molecule has 27 heavy (non-hydrogen) atoms. The molecular weight excluding hydrogens is 345 g/mol. The molecule has 1 heterocycles. The van der Waals surface area contributed by atoms with E-state index in [1.165, 1.54) is 44.2 Å². The van der Waals surface area contributed by atoms with Gasteiger partial charge < -0.3 is 9.84 Å². The minimum Gasteiger partial charge on any atom is -0.353 e. The highest BCUT2D eigenvalue weighted by atomic mass is 19.1. The van der Waals surface area contributed by atoms with Gasteiger partial charge in [-0.15, -0.1) is 0 Å². The number of carbonyl (C=O) groups excluding carboxylic acids is 1. The average Bonchev–Trinajstić information content (AvgIpc) is 3.30. The third-order valence-corrected chi connectivity index (χ3v) is 5.30. The van der Waals surface area contributed by atoms with E-state index in [2.05, 4.69) is 22.4 Å². The van der Waals surface area contributed by atoms with E-state index in [1.54, 1.807) is 12.1 Å². The molecule has 1 aromatic heterocycles. The Balaban J connectivity index is 1.42. The number of hydrogen-bond donors (Lipinski definition) is 1. The average molecular weight is 373 g/mol. The van der Waals surface area contributed by atoms with E-state index < -0.39 is 0 Å². The van der Waals surface area contributed by atoms with Crippen LogP contribution in [0.2, 0.25) is 0 Å². The number of unbranched alkanes of at least 4 members (excludes halogenated alkanes) is 1. The van der Waals surface area contributed by atoms with Gasteiger partial charge in [0.1, 0.15) is 5.82 Å². The minimum atomic E-state index is -0.298. The van der Waals surface area contributed by atoms with Crippen molar-refractivity contribution >= 4 is 5.91 Å². The van der Waals surface area contributed by atoms with Crippen molar-refractivity contribution in [1.29, 1.82) is 0 Å². The molecule has 1 saturated carbocycles. The van der Waals surface area contributed by atoms with Gasteiger partial charge in [0.2, 0.25) is 17.6 Å². The van der Waals surface area contributed by atoms with Crippen molar-refractivity contribution in [3.05, 3.63) is 36.0 Å². The van der Waals surface area contributed by atoms with Crippen LogP contribution in [0.3, 0.4) is 0 Å². The number of aromatic nitrogens is 2. The Morgan fingerprint density at radius 3 is 2.85 bits per heavy atom. The highest BCUT2D eigenvalue weighted by Crippen LogP contribution is 2.30. The number of nitrogens with zero attached hydrogens (tertiary/aromatic N) is 2. The molecule has 1 aliphatic carbocycles. The van der Waals surface area contributed by atoms with Crippen molar-refractivity contribution < 1.29 is 13.7 Å². The minimum absolute atomic E-state index is 0.113. The number of benzene rings is 1. The molecule has 6 heteroatoms. The summed E-state index contributed by atoms with van der Waals surface area (Å²) in [4.78, 5) is 16.6. The molecule has 0 aliphatic heterocycles. The maximum atomic E-state index is 13.0. The van der Waals surface area contributed by atoms with Gasteiger partial charge in [-0.3, -0.25) is 4.79 Å². The fourth-order valence-corrected chi connectivity index (χ4v) is 3.79. The van der Waals surface area contributed by atoms with Crippen molar-refractivity contribution in [1.82, 2.24) is 15.5 Å². The van der Waals surface area contributed by atoms with Crippen molar-refractivity contribution in [3.63, 3.8) is 0 Å². The number of halogens is 1. The van der Waals surface area contributed by atoms with Crippen LogP contribution in [0.25, 0.3) is 11.4 Å². The van der Waals surface area contributed by atoms with Crippen molar-refractivity contribution in [2.24, 2.45) is 5.92 Å². The van der Waals surface area contributed by atoms with Crippen molar-refractivity contribution in [3.8, 4) is 11.4 Å². The van der Waals surface area contributed by atoms with Crippen LogP contribution in [-0.2, 0) is 11.2 Å². The summed E-state index contributed by atoms with van der Waals surface area (Å²) in [6.07, 6.45) is 8.92. The predicted molar refractivity (Wildman–Crippen MR) is 101 cm³/mol. The lowest BCUT2D eigenvalue weighted by molar-refractivity contribution is -0.122. The third-order valence-electron chi connectivity index (χ3n) is 5.30. The van der Waals surface area contributed by atoms with Gasteiger partial charge in [0, 0.05) is 24.4 Å². The van der Waals surface area contributed by atoms with Crippen LogP contribution < -0.4 is 5.32 Å². The summed E-state index contributed by atoms with van der Waals surface area (Å²) in [6, 6.07) is 6.32. The Morgan fingerprint density at radius 1 is 1.26 bits per heavy atom. The molecule has 0 saturated heterocycles. The number of amides is 1. The monoisotopic (exact) mass is 373 g/mol. The summed E-state index contributed by atoms with van der Waals surface area (Å²) in [6.45, 7) is 2.21. The maximum Gasteiger partial charge on any atom is 0.226 e. The Labute approximate surface area is 159 Å². The van der Waals surface area contributed by atoms with E-state index in [0.717, 1.165) is 6.42 Å². The van der Waals surface area contributed by atoms with E-state index in [-0.39, 0.29) is 11.7 Å². The summed E-state index contributed by atoms with van der Waals surface area (Å²) < 4.78 is 18.2. The first-order valence-electron chi connectivity index (χ1n) is 10.0. The van der Waals surface area contributed by atoms with Gasteiger partial charge in [0.05, 0.1) is 0 Å². The van der Waals surface area contributed by atoms with Gasteiger partial charge in [-0.25, -0.2) is 4.39 Å². The third kappa shape index (κ3) is 5.62. The van der Waals surface area contributed by atoms with Gasteiger partial charge in [-0.2, -0.15) is 4.98 Å². The predicted octanol–water partition coefficient (Wildman–Crippen LogP) is 4.67. The van der Waals surface area contributed by atoms with Crippen molar-refractivity contribution in [2.45, 2.75) is 70.8 Å². The molecule has 1 aliphatic rings. The summed E-state index contributed by atoms with van der Waals surface area (Å²) >= 11 is 0. The number of aryl methyl sites for hydroxylation is 1. The summed E-state index contributed by atoms with van der Waals surface area (Å²) in [5, 5.41) is 7.15. The van der Waals surface area contributed by atoms with E-state index in [4.69, 9.17) is 4.52 Å². The molecule has 146 valence electrons. The van der Waals surface area contributed by atoms with Crippen LogP contribution in [0, 0.1) is 11.7 Å². The number of hydrogen-bond acceptors (Lipinski definition) is 4. The van der Waals surface area contributed by atoms with E-state index in [9.17, 15) is 9.18 Å². The molecule has 1 amide bonds. The summed E-state index contributed by atoms with van der Waals surface area (Å²) in [5.74, 6) is 1.40. The molecular formula is C21H28FN3O2. The van der Waals surface area contributed by atoms with Crippen LogP contribution >= 0.6 is 0 Å². The van der Waals surface area contributed by atoms with E-state index in [1.807, 2.05) is 0 Å². The largest absolute Gasteiger partial charge is 0.353 e. The molecule has 1 fully saturated rings. The lowest BCUT2D eigenvalue weighted by Gasteiger charge is -2.20. The summed E-state index contributed by atoms with van der Waals surface area (Å²) in [7, 11) is 0. The molecule has 3 rings (SSSR count). The molecule has 2 aromatic rings. The first kappa shape index (κ1) is 19.5. The standard InChI is InChI=1S/C21H28FN3O2/c1-2-3-6-15-7-4-8-18(15)23-19(26)9-5-10-20-24-21(25-27-20)16-11-13-17(22)14-12-16/h11-15,18H,2-10H2,1H3,(H,23,26). The quantitative estimate of drug-likeness (QED) is 0.693. The van der Waals surface area contributed by atoms with Crippen LogP contribution in [0.4, 0.5) is 4.39 Å². The second-order valence-electron chi connectivity index (χ2n) is 7.38. The molecule has 5 nitrogen and oxygen atoms in total. The van der Waals surface area contributed by atoms with Gasteiger partial charge in [-0.1, -0.05) is 31.3 Å². The SMILES string of the molecule is CCCCC1CCCC1NC(=O)CCCc1nc(-c2ccc(F)cc2)no1. The zero-order chi connectivity index (χ0) is 19.1. The van der Waals surface area contributed by atoms with E-state index in [0.29, 0.717) is 48.5 Å². The molecule has 2 unspecified atom stereocenters. The molecule has 0 bridgehead atoms. The van der Waals surface area contributed by atoms with Gasteiger partial charge in [0.15, 0.2) is 0 Å². The Kier molecular flexibility index (Phi) is 6.96. The second kappa shape index (κ2) is 9.62. The molecule has 1 N–H and O–H groups in total. The number of carbonyl (C=O) groups is 1. The van der Waals surface area contributed by atoms with Crippen LogP contribution in [0.15, 0.2) is 28.8 Å². The fraction of sp³-hybridized carbons (Fsp3) is 0.571.